The van der Waals surface area contributed by atoms with Gasteiger partial charge in [-0.05, 0) is 6.08 Å². The molecule has 56 valence electrons. The van der Waals surface area contributed by atoms with E-state index in [-0.39, 0.29) is 0 Å². The lowest BCUT2D eigenvalue weighted by molar-refractivity contribution is 0.359. The summed E-state index contributed by atoms with van der Waals surface area (Å²) in [7, 11) is -4.41. The average molecular weight is 183 g/mol. The quantitative estimate of drug-likeness (QED) is 0.361. The molecule has 0 bridgehead atoms. The van der Waals surface area contributed by atoms with Gasteiger partial charge in [-0.25, -0.2) is 0 Å². The van der Waals surface area contributed by atoms with Crippen LogP contribution in [-0.2, 0) is 4.57 Å². The molecule has 0 saturated carbocycles. The van der Waals surface area contributed by atoms with Crippen LogP contribution < -0.4 is 0 Å². The summed E-state index contributed by atoms with van der Waals surface area (Å²) in [6, 6.07) is 0. The number of hydrogen-bond acceptors (Lipinski definition) is 3. The van der Waals surface area contributed by atoms with Crippen LogP contribution in [0.5, 0.6) is 0 Å². The maximum Gasteiger partial charge on any atom is 0.374 e. The fourth-order valence-electron chi connectivity index (χ4n) is 0.431. The molecule has 1 atom stereocenters. The number of hydrogen-bond donors (Lipinski definition) is 2. The van der Waals surface area contributed by atoms with E-state index in [2.05, 4.69) is 10.2 Å². The molecule has 1 rings (SSSR count). The first-order valence-electron chi connectivity index (χ1n) is 2.30. The summed E-state index contributed by atoms with van der Waals surface area (Å²) < 4.78 is 8.56. The maximum atomic E-state index is 10.5. The fourth-order valence-corrected chi connectivity index (χ4v) is 0.960. The topological polar surface area (TPSA) is 82.2 Å². The molecule has 0 aliphatic carbocycles. The van der Waals surface area contributed by atoms with Crippen LogP contribution in [0.3, 0.4) is 0 Å². The third kappa shape index (κ3) is 1.13. The van der Waals surface area contributed by atoms with E-state index in [9.17, 15) is 4.57 Å². The van der Waals surface area contributed by atoms with Gasteiger partial charge in [0.2, 0.25) is 0 Å². The summed E-state index contributed by atoms with van der Waals surface area (Å²) in [6.07, 6.45) is 2.20. The molecule has 10 heavy (non-hydrogen) atoms. The van der Waals surface area contributed by atoms with Crippen LogP contribution in [0.2, 0.25) is 0 Å². The molecule has 2 N–H and O–H groups in total. The Morgan fingerprint density at radius 1 is 1.60 bits per heavy atom. The summed E-state index contributed by atoms with van der Waals surface area (Å²) in [5, 5.41) is 6.38. The Morgan fingerprint density at radius 3 is 2.40 bits per heavy atom. The van der Waals surface area contributed by atoms with Crippen LogP contribution >= 0.6 is 19.2 Å². The minimum Gasteiger partial charge on any atom is -0.322 e. The zero-order valence-electron chi connectivity index (χ0n) is 4.68. The van der Waals surface area contributed by atoms with Gasteiger partial charge in [0.15, 0.2) is 0 Å². The van der Waals surface area contributed by atoms with Crippen molar-refractivity contribution in [1.29, 1.82) is 0 Å². The number of azo groups is 1. The van der Waals surface area contributed by atoms with Crippen LogP contribution in [0, 0.1) is 0 Å². The van der Waals surface area contributed by atoms with Gasteiger partial charge >= 0.3 is 7.60 Å². The molecule has 1 heterocycles. The van der Waals surface area contributed by atoms with Gasteiger partial charge in [0, 0.05) is 6.20 Å². The zero-order chi connectivity index (χ0) is 7.83. The average Bonchev–Trinajstić information content (AvgIpc) is 2.13. The normalized spacial score (nSPS) is 31.5. The number of alkyl halides is 1. The third-order valence-electron chi connectivity index (χ3n) is 0.960. The standard InChI is InChI=1S/C3H4ClN2O3P/c4-3(10(7,8)9)1-2-5-6-3/h1-2H,(H2,7,8,9). The van der Waals surface area contributed by atoms with E-state index in [0.29, 0.717) is 0 Å². The largest absolute Gasteiger partial charge is 0.374 e. The highest BCUT2D eigenvalue weighted by molar-refractivity contribution is 7.56. The molecule has 1 aliphatic rings. The second-order valence-electron chi connectivity index (χ2n) is 1.71. The zero-order valence-corrected chi connectivity index (χ0v) is 6.33. The van der Waals surface area contributed by atoms with Gasteiger partial charge in [0.25, 0.3) is 4.74 Å². The van der Waals surface area contributed by atoms with Crippen LogP contribution in [-0.4, -0.2) is 14.5 Å². The van der Waals surface area contributed by atoms with E-state index in [4.69, 9.17) is 21.4 Å². The first kappa shape index (κ1) is 7.88. The molecule has 0 aromatic heterocycles. The Balaban J connectivity index is 3.02. The van der Waals surface area contributed by atoms with Crippen molar-refractivity contribution in [2.24, 2.45) is 10.2 Å². The maximum absolute atomic E-state index is 10.5. The summed E-state index contributed by atoms with van der Waals surface area (Å²) in [4.78, 5) is 17.1. The Bertz CT molecular complexity index is 232. The van der Waals surface area contributed by atoms with Gasteiger partial charge in [-0.15, -0.1) is 5.11 Å². The van der Waals surface area contributed by atoms with Crippen molar-refractivity contribution in [2.45, 2.75) is 4.74 Å². The molecule has 0 spiro atoms. The SMILES string of the molecule is O=P(O)(O)C1(Cl)C=CN=N1. The molecule has 0 aromatic carbocycles. The van der Waals surface area contributed by atoms with Gasteiger partial charge in [-0.2, -0.15) is 5.11 Å². The summed E-state index contributed by atoms with van der Waals surface area (Å²) >= 11 is 5.34. The molecular weight excluding hydrogens is 178 g/mol. The van der Waals surface area contributed by atoms with Crippen molar-refractivity contribution in [3.05, 3.63) is 12.3 Å². The molecule has 5 nitrogen and oxygen atoms in total. The highest BCUT2D eigenvalue weighted by atomic mass is 35.5. The van der Waals surface area contributed by atoms with Crippen molar-refractivity contribution in [2.75, 3.05) is 0 Å². The number of nitrogens with zero attached hydrogens (tertiary/aromatic N) is 2. The van der Waals surface area contributed by atoms with E-state index >= 15 is 0 Å². The van der Waals surface area contributed by atoms with E-state index in [1.807, 2.05) is 0 Å². The predicted octanol–water partition coefficient (Wildman–Crippen LogP) is 1.04. The summed E-state index contributed by atoms with van der Waals surface area (Å²) in [5.74, 6) is 0. The first-order chi connectivity index (χ1) is 4.46. The van der Waals surface area contributed by atoms with Crippen LogP contribution in [0.4, 0.5) is 0 Å². The van der Waals surface area contributed by atoms with Gasteiger partial charge in [0.1, 0.15) is 0 Å². The van der Waals surface area contributed by atoms with Crippen LogP contribution in [0.1, 0.15) is 0 Å². The van der Waals surface area contributed by atoms with Gasteiger partial charge in [0.05, 0.1) is 0 Å². The predicted molar refractivity (Wildman–Crippen MR) is 34.6 cm³/mol. The molecular formula is C3H4ClN2O3P. The van der Waals surface area contributed by atoms with Crippen molar-refractivity contribution < 1.29 is 14.4 Å². The third-order valence-corrected chi connectivity index (χ3v) is 2.88. The Hall–Kier alpha value is -0.220. The lowest BCUT2D eigenvalue weighted by Crippen LogP contribution is -2.11. The second-order valence-corrected chi connectivity index (χ2v) is 4.32. The lowest BCUT2D eigenvalue weighted by Gasteiger charge is -2.14. The smallest absolute Gasteiger partial charge is 0.322 e. The molecule has 0 saturated heterocycles. The van der Waals surface area contributed by atoms with E-state index < -0.39 is 12.3 Å². The molecule has 7 heteroatoms. The molecule has 0 aromatic rings. The van der Waals surface area contributed by atoms with Crippen LogP contribution in [0.25, 0.3) is 0 Å². The monoisotopic (exact) mass is 182 g/mol. The minimum atomic E-state index is -4.41. The highest BCUT2D eigenvalue weighted by Crippen LogP contribution is 2.56. The molecule has 1 unspecified atom stereocenters. The fraction of sp³-hybridized carbons (Fsp3) is 0.333. The van der Waals surface area contributed by atoms with Crippen molar-refractivity contribution in [1.82, 2.24) is 0 Å². The molecule has 0 radical (unpaired) electrons. The van der Waals surface area contributed by atoms with Crippen LogP contribution in [0.15, 0.2) is 22.5 Å². The first-order valence-corrected chi connectivity index (χ1v) is 4.29. The van der Waals surface area contributed by atoms with E-state index in [1.54, 1.807) is 0 Å². The Labute approximate surface area is 61.6 Å². The second kappa shape index (κ2) is 2.13. The van der Waals surface area contributed by atoms with Gasteiger partial charge in [-0.3, -0.25) is 4.57 Å². The summed E-state index contributed by atoms with van der Waals surface area (Å²) in [6.45, 7) is 0. The lowest BCUT2D eigenvalue weighted by atomic mass is 10.6. The molecule has 1 aliphatic heterocycles. The van der Waals surface area contributed by atoms with Crippen molar-refractivity contribution in [3.8, 4) is 0 Å². The number of halogens is 1. The Kier molecular flexibility index (Phi) is 1.68. The minimum absolute atomic E-state index is 1.05. The van der Waals surface area contributed by atoms with E-state index in [0.717, 1.165) is 12.3 Å². The molecule has 0 fully saturated rings. The van der Waals surface area contributed by atoms with E-state index in [1.165, 1.54) is 0 Å². The molecule has 0 amide bonds. The van der Waals surface area contributed by atoms with Gasteiger partial charge < -0.3 is 9.79 Å². The highest BCUT2D eigenvalue weighted by Gasteiger charge is 2.45. The summed E-state index contributed by atoms with van der Waals surface area (Å²) in [5.41, 5.74) is 0. The van der Waals surface area contributed by atoms with Crippen molar-refractivity contribution in [3.63, 3.8) is 0 Å². The Morgan fingerprint density at radius 2 is 2.20 bits per heavy atom. The van der Waals surface area contributed by atoms with Crippen molar-refractivity contribution >= 4 is 19.2 Å². The van der Waals surface area contributed by atoms with Gasteiger partial charge in [-0.1, -0.05) is 11.6 Å². The number of rotatable bonds is 1.